The highest BCUT2D eigenvalue weighted by Crippen LogP contribution is 2.40. The first-order valence-corrected chi connectivity index (χ1v) is 12.8. The number of likely N-dealkylation sites (tertiary alicyclic amines) is 1. The zero-order valence-corrected chi connectivity index (χ0v) is 21.7. The molecule has 2 saturated heterocycles. The number of ketones is 1. The maximum Gasteiger partial charge on any atom is 0.295 e. The van der Waals surface area contributed by atoms with Crippen molar-refractivity contribution < 1.29 is 24.2 Å². The van der Waals surface area contributed by atoms with Crippen molar-refractivity contribution in [3.05, 3.63) is 69.2 Å². The van der Waals surface area contributed by atoms with Crippen LogP contribution in [0.15, 0.2) is 52.5 Å². The highest BCUT2D eigenvalue weighted by Gasteiger charge is 2.46. The molecule has 35 heavy (non-hydrogen) atoms. The molecule has 1 unspecified atom stereocenters. The number of Topliss-reactive ketones (excluding diaryl/α,β-unsaturated/α-hetero) is 1. The molecule has 0 radical (unpaired) electrons. The predicted octanol–water partition coefficient (Wildman–Crippen LogP) is 4.30. The van der Waals surface area contributed by atoms with E-state index in [0.717, 1.165) is 41.7 Å². The van der Waals surface area contributed by atoms with Gasteiger partial charge in [-0.1, -0.05) is 28.1 Å². The first kappa shape index (κ1) is 25.4. The first-order chi connectivity index (χ1) is 16.9. The molecule has 2 aliphatic rings. The number of ether oxygens (including phenoxy) is 2. The Hall–Kier alpha value is -2.68. The molecule has 2 aliphatic heterocycles. The molecule has 2 aromatic rings. The third kappa shape index (κ3) is 5.60. The van der Waals surface area contributed by atoms with Crippen LogP contribution in [0, 0.1) is 6.92 Å². The smallest absolute Gasteiger partial charge is 0.295 e. The quantitative estimate of drug-likeness (QED) is 0.304. The first-order valence-electron chi connectivity index (χ1n) is 12.0. The van der Waals surface area contributed by atoms with E-state index in [2.05, 4.69) is 20.8 Å². The minimum Gasteiger partial charge on any atom is -0.507 e. The number of nitrogens with zero attached hydrogens (tertiary/aromatic N) is 2. The SMILES string of the molecule is CCOc1ccc(C(O)=C2C(=O)C(=O)N(CCCN3CCOCC3)C2c2ccc(Br)cc2)c(C)c1. The monoisotopic (exact) mass is 542 g/mol. The molecule has 7 nitrogen and oxygen atoms in total. The molecule has 1 N–H and O–H groups in total. The van der Waals surface area contributed by atoms with E-state index < -0.39 is 17.7 Å². The third-order valence-corrected chi connectivity index (χ3v) is 7.00. The maximum atomic E-state index is 13.3. The van der Waals surface area contributed by atoms with Crippen molar-refractivity contribution in [3.63, 3.8) is 0 Å². The summed E-state index contributed by atoms with van der Waals surface area (Å²) in [4.78, 5) is 30.3. The molecule has 4 rings (SSSR count). The Morgan fingerprint density at radius 1 is 1.11 bits per heavy atom. The lowest BCUT2D eigenvalue weighted by Gasteiger charge is -2.29. The fourth-order valence-electron chi connectivity index (χ4n) is 4.70. The highest BCUT2D eigenvalue weighted by molar-refractivity contribution is 9.10. The Morgan fingerprint density at radius 3 is 2.49 bits per heavy atom. The maximum absolute atomic E-state index is 13.3. The fraction of sp³-hybridized carbons (Fsp3) is 0.407. The van der Waals surface area contributed by atoms with Crippen LogP contribution in [0.5, 0.6) is 5.75 Å². The number of aryl methyl sites for hydroxylation is 1. The van der Waals surface area contributed by atoms with Crippen LogP contribution in [0.2, 0.25) is 0 Å². The number of amides is 1. The molecule has 2 aromatic carbocycles. The predicted molar refractivity (Wildman–Crippen MR) is 137 cm³/mol. The summed E-state index contributed by atoms with van der Waals surface area (Å²) in [7, 11) is 0. The molecular formula is C27H31BrN2O5. The van der Waals surface area contributed by atoms with E-state index in [0.29, 0.717) is 37.7 Å². The minimum absolute atomic E-state index is 0.121. The van der Waals surface area contributed by atoms with Crippen molar-refractivity contribution >= 4 is 33.4 Å². The summed E-state index contributed by atoms with van der Waals surface area (Å²) in [6.45, 7) is 8.68. The third-order valence-electron chi connectivity index (χ3n) is 6.47. The van der Waals surface area contributed by atoms with E-state index >= 15 is 0 Å². The van der Waals surface area contributed by atoms with E-state index in [-0.39, 0.29) is 11.3 Å². The van der Waals surface area contributed by atoms with Gasteiger partial charge in [0.15, 0.2) is 0 Å². The Bertz CT molecular complexity index is 1110. The van der Waals surface area contributed by atoms with Crippen molar-refractivity contribution in [1.82, 2.24) is 9.80 Å². The van der Waals surface area contributed by atoms with Crippen molar-refractivity contribution in [2.75, 3.05) is 46.0 Å². The second-order valence-corrected chi connectivity index (χ2v) is 9.68. The molecule has 1 amide bonds. The van der Waals surface area contributed by atoms with Crippen LogP contribution >= 0.6 is 15.9 Å². The Kier molecular flexibility index (Phi) is 8.26. The van der Waals surface area contributed by atoms with Crippen LogP contribution in [0.25, 0.3) is 5.76 Å². The lowest BCUT2D eigenvalue weighted by atomic mass is 9.94. The number of aliphatic hydroxyl groups excluding tert-OH is 1. The summed E-state index contributed by atoms with van der Waals surface area (Å²) in [5.41, 5.74) is 2.18. The van der Waals surface area contributed by atoms with E-state index in [4.69, 9.17) is 9.47 Å². The fourth-order valence-corrected chi connectivity index (χ4v) is 4.96. The number of halogens is 1. The average molecular weight is 543 g/mol. The number of carbonyl (C=O) groups excluding carboxylic acids is 2. The average Bonchev–Trinajstić information content (AvgIpc) is 3.10. The van der Waals surface area contributed by atoms with Gasteiger partial charge in [0, 0.05) is 36.2 Å². The molecule has 0 aliphatic carbocycles. The summed E-state index contributed by atoms with van der Waals surface area (Å²) in [6.07, 6.45) is 0.724. The molecule has 186 valence electrons. The number of rotatable bonds is 8. The second-order valence-electron chi connectivity index (χ2n) is 8.76. The topological polar surface area (TPSA) is 79.3 Å². The molecule has 0 saturated carbocycles. The van der Waals surface area contributed by atoms with Gasteiger partial charge >= 0.3 is 0 Å². The number of hydrogen-bond acceptors (Lipinski definition) is 6. The Labute approximate surface area is 214 Å². The summed E-state index contributed by atoms with van der Waals surface area (Å²) in [5, 5.41) is 11.4. The standard InChI is InChI=1S/C27H31BrN2O5/c1-3-35-21-9-10-22(18(2)17-21)25(31)23-24(19-5-7-20(28)8-6-19)30(27(33)26(23)32)12-4-11-29-13-15-34-16-14-29/h5-10,17,24,31H,3-4,11-16H2,1-2H3. The Morgan fingerprint density at radius 2 is 1.83 bits per heavy atom. The number of aliphatic hydroxyl groups is 1. The summed E-state index contributed by atoms with van der Waals surface area (Å²) < 4.78 is 11.9. The van der Waals surface area contributed by atoms with Crippen molar-refractivity contribution in [1.29, 1.82) is 0 Å². The van der Waals surface area contributed by atoms with Gasteiger partial charge in [-0.2, -0.15) is 0 Å². The van der Waals surface area contributed by atoms with Gasteiger partial charge in [-0.25, -0.2) is 0 Å². The normalized spacial score (nSPS) is 20.4. The molecule has 2 fully saturated rings. The number of carbonyl (C=O) groups is 2. The summed E-state index contributed by atoms with van der Waals surface area (Å²) >= 11 is 3.45. The number of morpholine rings is 1. The van der Waals surface area contributed by atoms with Gasteiger partial charge in [0.1, 0.15) is 11.5 Å². The number of hydrogen-bond donors (Lipinski definition) is 1. The molecule has 2 heterocycles. The number of benzene rings is 2. The van der Waals surface area contributed by atoms with Crippen LogP contribution in [-0.2, 0) is 14.3 Å². The van der Waals surface area contributed by atoms with Crippen molar-refractivity contribution in [2.45, 2.75) is 26.3 Å². The van der Waals surface area contributed by atoms with Crippen LogP contribution in [-0.4, -0.2) is 72.6 Å². The molecule has 1 atom stereocenters. The van der Waals surface area contributed by atoms with E-state index in [1.165, 1.54) is 0 Å². The van der Waals surface area contributed by atoms with Gasteiger partial charge in [0.05, 0.1) is 31.4 Å². The summed E-state index contributed by atoms with van der Waals surface area (Å²) in [5.74, 6) is -0.706. The lowest BCUT2D eigenvalue weighted by molar-refractivity contribution is -0.140. The van der Waals surface area contributed by atoms with Crippen LogP contribution in [0.1, 0.15) is 36.1 Å². The molecule has 8 heteroatoms. The van der Waals surface area contributed by atoms with Crippen LogP contribution in [0.4, 0.5) is 0 Å². The van der Waals surface area contributed by atoms with Gasteiger partial charge in [-0.15, -0.1) is 0 Å². The van der Waals surface area contributed by atoms with Crippen LogP contribution < -0.4 is 4.74 Å². The molecule has 0 aromatic heterocycles. The zero-order chi connectivity index (χ0) is 24.9. The van der Waals surface area contributed by atoms with Gasteiger partial charge in [-0.05, 0) is 61.7 Å². The lowest BCUT2D eigenvalue weighted by Crippen LogP contribution is -2.38. The second kappa shape index (κ2) is 11.4. The largest absolute Gasteiger partial charge is 0.507 e. The van der Waals surface area contributed by atoms with Crippen LogP contribution in [0.3, 0.4) is 0 Å². The van der Waals surface area contributed by atoms with Gasteiger partial charge < -0.3 is 19.5 Å². The highest BCUT2D eigenvalue weighted by atomic mass is 79.9. The molecular weight excluding hydrogens is 512 g/mol. The zero-order valence-electron chi connectivity index (χ0n) is 20.1. The molecule has 0 spiro atoms. The van der Waals surface area contributed by atoms with E-state index in [9.17, 15) is 14.7 Å². The summed E-state index contributed by atoms with van der Waals surface area (Å²) in [6, 6.07) is 12.2. The van der Waals surface area contributed by atoms with E-state index in [1.54, 1.807) is 17.0 Å². The van der Waals surface area contributed by atoms with Gasteiger partial charge in [-0.3, -0.25) is 14.5 Å². The van der Waals surface area contributed by atoms with E-state index in [1.807, 2.05) is 44.2 Å². The van der Waals surface area contributed by atoms with Crippen molar-refractivity contribution in [3.8, 4) is 5.75 Å². The van der Waals surface area contributed by atoms with Gasteiger partial charge in [0.25, 0.3) is 11.7 Å². The molecule has 0 bridgehead atoms. The minimum atomic E-state index is -0.657. The van der Waals surface area contributed by atoms with Crippen molar-refractivity contribution in [2.24, 2.45) is 0 Å². The van der Waals surface area contributed by atoms with Gasteiger partial charge in [0.2, 0.25) is 0 Å². The Balaban J connectivity index is 1.68.